The number of methoxy groups -OCH3 is 1. The Morgan fingerprint density at radius 3 is 2.59 bits per heavy atom. The van der Waals surface area contributed by atoms with E-state index < -0.39 is 0 Å². The zero-order valence-electron chi connectivity index (χ0n) is 17.1. The molecule has 0 saturated carbocycles. The van der Waals surface area contributed by atoms with Crippen LogP contribution in [-0.4, -0.2) is 41.1 Å². The molecule has 2 aliphatic rings. The van der Waals surface area contributed by atoms with Gasteiger partial charge < -0.3 is 15.0 Å². The van der Waals surface area contributed by atoms with Crippen molar-refractivity contribution in [3.05, 3.63) is 54.2 Å². The highest BCUT2D eigenvalue weighted by Crippen LogP contribution is 2.40. The van der Waals surface area contributed by atoms with E-state index in [1.807, 2.05) is 24.3 Å². The van der Waals surface area contributed by atoms with Crippen LogP contribution in [0.3, 0.4) is 0 Å². The zero-order chi connectivity index (χ0) is 19.8. The summed E-state index contributed by atoms with van der Waals surface area (Å²) < 4.78 is 5.48. The number of fused-ring (bicyclic) bond motifs is 3. The maximum atomic E-state index is 5.48. The number of para-hydroxylation sites is 2. The van der Waals surface area contributed by atoms with Crippen molar-refractivity contribution >= 4 is 22.5 Å². The summed E-state index contributed by atoms with van der Waals surface area (Å²) in [6.07, 6.45) is 8.22. The summed E-state index contributed by atoms with van der Waals surface area (Å²) in [7, 11) is 4.01. The van der Waals surface area contributed by atoms with E-state index in [-0.39, 0.29) is 0 Å². The summed E-state index contributed by atoms with van der Waals surface area (Å²) >= 11 is 0. The van der Waals surface area contributed by atoms with Crippen molar-refractivity contribution in [3.63, 3.8) is 0 Å². The molecule has 3 aromatic rings. The van der Waals surface area contributed by atoms with E-state index in [4.69, 9.17) is 9.72 Å². The van der Waals surface area contributed by atoms with E-state index in [0.29, 0.717) is 0 Å². The number of anilines is 2. The zero-order valence-corrected chi connectivity index (χ0v) is 17.1. The van der Waals surface area contributed by atoms with E-state index in [2.05, 4.69) is 40.4 Å². The molecular formula is C24H28N4O. The van der Waals surface area contributed by atoms with Crippen molar-refractivity contribution in [3.8, 4) is 5.75 Å². The van der Waals surface area contributed by atoms with Crippen LogP contribution in [0.1, 0.15) is 31.2 Å². The molecule has 3 atom stereocenters. The van der Waals surface area contributed by atoms with Gasteiger partial charge in [-0.15, -0.1) is 0 Å². The van der Waals surface area contributed by atoms with Gasteiger partial charge in [-0.05, 0) is 68.8 Å². The molecule has 2 aromatic carbocycles. The minimum absolute atomic E-state index is 0.736. The summed E-state index contributed by atoms with van der Waals surface area (Å²) in [6, 6.07) is 15.8. The lowest BCUT2D eigenvalue weighted by molar-refractivity contribution is 0.134. The Balaban J connectivity index is 1.40. The molecule has 0 amide bonds. The Morgan fingerprint density at radius 1 is 1.07 bits per heavy atom. The van der Waals surface area contributed by atoms with E-state index >= 15 is 0 Å². The van der Waals surface area contributed by atoms with Gasteiger partial charge in [0, 0.05) is 23.8 Å². The van der Waals surface area contributed by atoms with Gasteiger partial charge in [-0.25, -0.2) is 4.98 Å². The van der Waals surface area contributed by atoms with E-state index in [9.17, 15) is 0 Å². The summed E-state index contributed by atoms with van der Waals surface area (Å²) in [5.74, 6) is 2.36. The second kappa shape index (κ2) is 7.64. The number of ether oxygens (including phenoxy) is 1. The fraction of sp³-hybridized carbons (Fsp3) is 0.417. The monoisotopic (exact) mass is 388 g/mol. The van der Waals surface area contributed by atoms with Gasteiger partial charge in [0.25, 0.3) is 0 Å². The molecule has 0 aliphatic carbocycles. The number of piperidine rings is 1. The molecule has 0 radical (unpaired) electrons. The standard InChI is InChI=1S/C24H28N4O/c1-28-18-8-9-19(28)13-16(12-18)11-17-7-10-20(29-2)14-23(17)27-24-15-25-21-5-3-4-6-22(21)26-24/h3-7,10,14-16,18-19H,8-9,11-13H2,1-2H3,(H,26,27)/t16?,18-,19+. The highest BCUT2D eigenvalue weighted by atomic mass is 16.5. The van der Waals surface area contributed by atoms with Gasteiger partial charge in [-0.3, -0.25) is 4.98 Å². The molecule has 0 spiro atoms. The van der Waals surface area contributed by atoms with E-state index in [0.717, 1.165) is 52.7 Å². The smallest absolute Gasteiger partial charge is 0.149 e. The number of aromatic nitrogens is 2. The van der Waals surface area contributed by atoms with Gasteiger partial charge in [0.2, 0.25) is 0 Å². The molecule has 3 heterocycles. The molecular weight excluding hydrogens is 360 g/mol. The van der Waals surface area contributed by atoms with Gasteiger partial charge in [0.05, 0.1) is 24.3 Å². The Bertz CT molecular complexity index is 1010. The maximum absolute atomic E-state index is 5.48. The Morgan fingerprint density at radius 2 is 1.83 bits per heavy atom. The molecule has 150 valence electrons. The van der Waals surface area contributed by atoms with Crippen LogP contribution in [0, 0.1) is 5.92 Å². The summed E-state index contributed by atoms with van der Waals surface area (Å²) in [5, 5.41) is 3.51. The average molecular weight is 389 g/mol. The molecule has 2 bridgehead atoms. The van der Waals surface area contributed by atoms with Gasteiger partial charge in [-0.2, -0.15) is 0 Å². The van der Waals surface area contributed by atoms with Crippen LogP contribution < -0.4 is 10.1 Å². The second-order valence-electron chi connectivity index (χ2n) is 8.48. The first-order valence-electron chi connectivity index (χ1n) is 10.6. The SMILES string of the molecule is COc1ccc(CC2C[C@H]3CC[C@@H](C2)N3C)c(Nc2cnc3ccccc3n2)c1. The summed E-state index contributed by atoms with van der Waals surface area (Å²) in [4.78, 5) is 11.9. The lowest BCUT2D eigenvalue weighted by atomic mass is 9.85. The van der Waals surface area contributed by atoms with Crippen LogP contribution in [-0.2, 0) is 6.42 Å². The normalized spacial score (nSPS) is 24.0. The molecule has 2 aliphatic heterocycles. The molecule has 5 heteroatoms. The Hall–Kier alpha value is -2.66. The van der Waals surface area contributed by atoms with Gasteiger partial charge in [0.1, 0.15) is 11.6 Å². The van der Waals surface area contributed by atoms with Crippen LogP contribution in [0.25, 0.3) is 11.0 Å². The van der Waals surface area contributed by atoms with Gasteiger partial charge in [-0.1, -0.05) is 18.2 Å². The minimum Gasteiger partial charge on any atom is -0.497 e. The molecule has 1 aromatic heterocycles. The van der Waals surface area contributed by atoms with Crippen molar-refractivity contribution in [2.45, 2.75) is 44.2 Å². The largest absolute Gasteiger partial charge is 0.497 e. The Kier molecular flexibility index (Phi) is 4.84. The van der Waals surface area contributed by atoms with Crippen LogP contribution in [0.15, 0.2) is 48.7 Å². The molecule has 2 saturated heterocycles. The predicted octanol–water partition coefficient (Wildman–Crippen LogP) is 4.80. The van der Waals surface area contributed by atoms with Gasteiger partial charge in [0.15, 0.2) is 0 Å². The van der Waals surface area contributed by atoms with Crippen molar-refractivity contribution in [2.24, 2.45) is 5.92 Å². The number of hydrogen-bond donors (Lipinski definition) is 1. The predicted molar refractivity (Wildman–Crippen MR) is 117 cm³/mol. The third-order valence-electron chi connectivity index (χ3n) is 6.73. The number of nitrogens with one attached hydrogen (secondary N) is 1. The highest BCUT2D eigenvalue weighted by Gasteiger charge is 2.38. The van der Waals surface area contributed by atoms with Crippen LogP contribution >= 0.6 is 0 Å². The average Bonchev–Trinajstić information content (AvgIpc) is 2.95. The van der Waals surface area contributed by atoms with E-state index in [1.165, 1.54) is 31.2 Å². The molecule has 1 N–H and O–H groups in total. The summed E-state index contributed by atoms with van der Waals surface area (Å²) in [5.41, 5.74) is 4.20. The van der Waals surface area contributed by atoms with Crippen molar-refractivity contribution in [1.82, 2.24) is 14.9 Å². The van der Waals surface area contributed by atoms with E-state index in [1.54, 1.807) is 13.3 Å². The second-order valence-corrected chi connectivity index (χ2v) is 8.48. The third-order valence-corrected chi connectivity index (χ3v) is 6.73. The van der Waals surface area contributed by atoms with Crippen LogP contribution in [0.5, 0.6) is 5.75 Å². The highest BCUT2D eigenvalue weighted by molar-refractivity contribution is 5.76. The molecule has 1 unspecified atom stereocenters. The minimum atomic E-state index is 0.736. The molecule has 2 fully saturated rings. The van der Waals surface area contributed by atoms with Crippen molar-refractivity contribution in [2.75, 3.05) is 19.5 Å². The quantitative estimate of drug-likeness (QED) is 0.681. The first kappa shape index (κ1) is 18.4. The van der Waals surface area contributed by atoms with Crippen molar-refractivity contribution in [1.29, 1.82) is 0 Å². The lowest BCUT2D eigenvalue weighted by Crippen LogP contribution is -2.40. The number of benzene rings is 2. The Labute approximate surface area is 172 Å². The lowest BCUT2D eigenvalue weighted by Gasteiger charge is -2.36. The third kappa shape index (κ3) is 3.67. The van der Waals surface area contributed by atoms with Crippen LogP contribution in [0.2, 0.25) is 0 Å². The molecule has 29 heavy (non-hydrogen) atoms. The van der Waals surface area contributed by atoms with Crippen LogP contribution in [0.4, 0.5) is 11.5 Å². The first-order chi connectivity index (χ1) is 14.2. The fourth-order valence-corrected chi connectivity index (χ4v) is 5.13. The number of hydrogen-bond acceptors (Lipinski definition) is 5. The number of nitrogens with zero attached hydrogens (tertiary/aromatic N) is 3. The number of rotatable bonds is 5. The maximum Gasteiger partial charge on any atom is 0.149 e. The van der Waals surface area contributed by atoms with Gasteiger partial charge >= 0.3 is 0 Å². The topological polar surface area (TPSA) is 50.3 Å². The molecule has 5 nitrogen and oxygen atoms in total. The molecule has 5 rings (SSSR count). The fourth-order valence-electron chi connectivity index (χ4n) is 5.13. The summed E-state index contributed by atoms with van der Waals surface area (Å²) in [6.45, 7) is 0. The van der Waals surface area contributed by atoms with Crippen molar-refractivity contribution < 1.29 is 4.74 Å². The first-order valence-corrected chi connectivity index (χ1v) is 10.6.